The van der Waals surface area contributed by atoms with Crippen LogP contribution in [0.1, 0.15) is 11.1 Å². The van der Waals surface area contributed by atoms with Gasteiger partial charge in [0.15, 0.2) is 0 Å². The first-order chi connectivity index (χ1) is 15.2. The maximum absolute atomic E-state index is 6.31. The zero-order chi connectivity index (χ0) is 22.9. The summed E-state index contributed by atoms with van der Waals surface area (Å²) in [5.74, 6) is 0. The van der Waals surface area contributed by atoms with Crippen LogP contribution in [0.4, 0.5) is 0 Å². The molecule has 0 nitrogen and oxygen atoms in total. The summed E-state index contributed by atoms with van der Waals surface area (Å²) in [6.45, 7) is 0. The molecule has 10 heteroatoms. The lowest BCUT2D eigenvalue weighted by atomic mass is 10.2. The molecule has 0 spiro atoms. The third kappa shape index (κ3) is 5.73. The van der Waals surface area contributed by atoms with Crippen LogP contribution in [0.25, 0.3) is 20.9 Å². The summed E-state index contributed by atoms with van der Waals surface area (Å²) < 4.78 is -3.11. The maximum Gasteiger partial charge on any atom is 0.217 e. The Hall–Kier alpha value is 0.280. The molecule has 2 aromatic heterocycles. The van der Waals surface area contributed by atoms with Crippen LogP contribution in [-0.2, 0) is 7.59 Å². The lowest BCUT2D eigenvalue weighted by Crippen LogP contribution is -2.00. The van der Waals surface area contributed by atoms with Crippen molar-refractivity contribution in [2.45, 2.75) is 17.4 Å². The van der Waals surface area contributed by atoms with E-state index in [1.807, 2.05) is 71.4 Å². The van der Waals surface area contributed by atoms with E-state index >= 15 is 0 Å². The van der Waals surface area contributed by atoms with Crippen molar-refractivity contribution in [3.05, 3.63) is 82.6 Å². The van der Waals surface area contributed by atoms with Gasteiger partial charge in [-0.2, -0.15) is 0 Å². The predicted octanol–water partition coefficient (Wildman–Crippen LogP) is 11.6. The van der Waals surface area contributed by atoms with Crippen molar-refractivity contribution in [2.24, 2.45) is 0 Å². The van der Waals surface area contributed by atoms with Crippen molar-refractivity contribution in [3.63, 3.8) is 0 Å². The molecular formula is C22H12Cl6S4. The Bertz CT molecular complexity index is 1100. The third-order valence-corrected chi connectivity index (χ3v) is 10.4. The second-order valence-corrected chi connectivity index (χ2v) is 15.0. The van der Waals surface area contributed by atoms with E-state index in [0.717, 1.165) is 30.7 Å². The van der Waals surface area contributed by atoms with Gasteiger partial charge in [-0.15, -0.1) is 22.7 Å². The Balaban J connectivity index is 1.77. The smallest absolute Gasteiger partial charge is 0.142 e. The average molecular weight is 617 g/mol. The van der Waals surface area contributed by atoms with Crippen molar-refractivity contribution in [3.8, 4) is 20.9 Å². The molecule has 4 aromatic rings. The Kier molecular flexibility index (Phi) is 8.32. The Labute approximate surface area is 232 Å². The first kappa shape index (κ1) is 25.4. The molecule has 0 bridgehead atoms. The van der Waals surface area contributed by atoms with Crippen LogP contribution in [0.3, 0.4) is 0 Å². The Morgan fingerprint density at radius 3 is 1.19 bits per heavy atom. The fraction of sp³-hybridized carbons (Fsp3) is 0.0909. The van der Waals surface area contributed by atoms with E-state index in [-0.39, 0.29) is 0 Å². The zero-order valence-electron chi connectivity index (χ0n) is 15.8. The Morgan fingerprint density at radius 2 is 0.875 bits per heavy atom. The second-order valence-electron chi connectivity index (χ2n) is 6.51. The molecule has 0 aliphatic carbocycles. The predicted molar refractivity (Wildman–Crippen MR) is 150 cm³/mol. The normalized spacial score (nSPS) is 12.3. The van der Waals surface area contributed by atoms with Crippen molar-refractivity contribution >= 4 is 114 Å². The highest BCUT2D eigenvalue weighted by Gasteiger charge is 2.33. The van der Waals surface area contributed by atoms with Crippen LogP contribution >= 0.6 is 114 Å². The summed E-state index contributed by atoms with van der Waals surface area (Å²) in [6, 6.07) is 20.0. The number of hydrogen-bond acceptors (Lipinski definition) is 4. The van der Waals surface area contributed by atoms with Crippen LogP contribution in [0, 0.1) is 0 Å². The van der Waals surface area contributed by atoms with Crippen molar-refractivity contribution in [1.82, 2.24) is 0 Å². The first-order valence-electron chi connectivity index (χ1n) is 8.99. The van der Waals surface area contributed by atoms with E-state index in [1.165, 1.54) is 21.6 Å². The first-order valence-corrected chi connectivity index (χ1v) is 15.2. The summed E-state index contributed by atoms with van der Waals surface area (Å²) in [5.41, 5.74) is 3.37. The topological polar surface area (TPSA) is 0 Å². The molecule has 166 valence electrons. The van der Waals surface area contributed by atoms with E-state index in [4.69, 9.17) is 69.6 Å². The fourth-order valence-electron chi connectivity index (χ4n) is 2.91. The van der Waals surface area contributed by atoms with Crippen LogP contribution < -0.4 is 0 Å². The largest absolute Gasteiger partial charge is 0.217 e. The molecular weight excluding hydrogens is 605 g/mol. The van der Waals surface area contributed by atoms with Gasteiger partial charge in [0, 0.05) is 41.4 Å². The molecule has 2 heterocycles. The van der Waals surface area contributed by atoms with Crippen LogP contribution in [0.2, 0.25) is 0 Å². The second kappa shape index (κ2) is 10.5. The minimum Gasteiger partial charge on any atom is -0.142 e. The van der Waals surface area contributed by atoms with Crippen LogP contribution in [-0.4, -0.2) is 0 Å². The highest BCUT2D eigenvalue weighted by molar-refractivity contribution is 8.76. The number of benzene rings is 2. The lowest BCUT2D eigenvalue weighted by Gasteiger charge is -2.16. The number of hydrogen-bond donors (Lipinski definition) is 0. The van der Waals surface area contributed by atoms with Crippen molar-refractivity contribution in [1.29, 1.82) is 0 Å². The van der Waals surface area contributed by atoms with E-state index < -0.39 is 7.59 Å². The molecule has 0 atom stereocenters. The van der Waals surface area contributed by atoms with E-state index in [1.54, 1.807) is 22.7 Å². The minimum absolute atomic E-state index is 0.635. The molecule has 0 amide bonds. The average Bonchev–Trinajstić information content (AvgIpc) is 3.37. The number of thiophene rings is 2. The van der Waals surface area contributed by atoms with Crippen molar-refractivity contribution < 1.29 is 0 Å². The maximum atomic E-state index is 6.31. The van der Waals surface area contributed by atoms with E-state index in [2.05, 4.69) is 0 Å². The molecule has 32 heavy (non-hydrogen) atoms. The van der Waals surface area contributed by atoms with Gasteiger partial charge in [0.25, 0.3) is 0 Å². The third-order valence-electron chi connectivity index (χ3n) is 4.38. The van der Waals surface area contributed by atoms with Gasteiger partial charge in [-0.25, -0.2) is 0 Å². The molecule has 0 aliphatic heterocycles. The molecule has 4 rings (SSSR count). The van der Waals surface area contributed by atoms with Gasteiger partial charge in [0.1, 0.15) is 0 Å². The summed E-state index contributed by atoms with van der Waals surface area (Å²) in [7, 11) is 3.01. The highest BCUT2D eigenvalue weighted by atomic mass is 35.6. The lowest BCUT2D eigenvalue weighted by molar-refractivity contribution is 1.19. The summed E-state index contributed by atoms with van der Waals surface area (Å²) in [5, 5.41) is 3.78. The number of alkyl halides is 6. The SMILES string of the molecule is ClC(Cl)(Cl)c1csc(-c2ccccc2)c1SSc1c(C(Cl)(Cl)Cl)csc1-c1ccccc1. The van der Waals surface area contributed by atoms with Crippen molar-refractivity contribution in [2.75, 3.05) is 0 Å². The van der Waals surface area contributed by atoms with E-state index in [0.29, 0.717) is 11.1 Å². The Morgan fingerprint density at radius 1 is 0.531 bits per heavy atom. The van der Waals surface area contributed by atoms with Crippen LogP contribution in [0.5, 0.6) is 0 Å². The van der Waals surface area contributed by atoms with Gasteiger partial charge in [0.2, 0.25) is 7.59 Å². The molecule has 0 saturated heterocycles. The molecule has 0 radical (unpaired) electrons. The van der Waals surface area contributed by atoms with Gasteiger partial charge in [-0.1, -0.05) is 152 Å². The number of rotatable bonds is 5. The standard InChI is InChI=1S/C22H12Cl6S4/c23-21(24,25)15-11-29-17(13-7-3-1-4-8-13)19(15)31-32-20-16(22(26,27)28)12-30-18(20)14-9-5-2-6-10-14/h1-12H. The monoisotopic (exact) mass is 614 g/mol. The summed E-state index contributed by atoms with van der Waals surface area (Å²) >= 11 is 40.9. The molecule has 2 aromatic carbocycles. The minimum atomic E-state index is -1.55. The van der Waals surface area contributed by atoms with Gasteiger partial charge in [-0.3, -0.25) is 0 Å². The van der Waals surface area contributed by atoms with Gasteiger partial charge < -0.3 is 0 Å². The number of halogens is 6. The molecule has 0 fully saturated rings. The summed E-state index contributed by atoms with van der Waals surface area (Å²) in [4.78, 5) is 3.81. The molecule has 0 N–H and O–H groups in total. The van der Waals surface area contributed by atoms with E-state index in [9.17, 15) is 0 Å². The van der Waals surface area contributed by atoms with Gasteiger partial charge in [0.05, 0.1) is 0 Å². The fourth-order valence-corrected chi connectivity index (χ4v) is 10.3. The molecule has 0 aliphatic rings. The zero-order valence-corrected chi connectivity index (χ0v) is 23.6. The summed E-state index contributed by atoms with van der Waals surface area (Å²) in [6.07, 6.45) is 0. The molecule has 0 saturated carbocycles. The van der Waals surface area contributed by atoms with Gasteiger partial charge >= 0.3 is 0 Å². The van der Waals surface area contributed by atoms with Gasteiger partial charge in [-0.05, 0) is 11.1 Å². The van der Waals surface area contributed by atoms with Crippen LogP contribution in [0.15, 0.2) is 81.2 Å². The molecule has 0 unspecified atom stereocenters. The quantitative estimate of drug-likeness (QED) is 0.161. The highest BCUT2D eigenvalue weighted by Crippen LogP contribution is 2.57.